The molecular weight excluding hydrogens is 321 g/mol. The summed E-state index contributed by atoms with van der Waals surface area (Å²) < 4.78 is 13.0. The van der Waals surface area contributed by atoms with Crippen molar-refractivity contribution in [1.29, 1.82) is 0 Å². The number of phenolic OH excluding ortho intramolecular Hbond substituents is 1. The van der Waals surface area contributed by atoms with Crippen molar-refractivity contribution in [2.45, 2.75) is 38.3 Å². The van der Waals surface area contributed by atoms with E-state index in [1.54, 1.807) is 29.2 Å². The number of amides is 1. The molecule has 2 N–H and O–H groups in total. The molecule has 0 aliphatic carbocycles. The van der Waals surface area contributed by atoms with Gasteiger partial charge in [0.05, 0.1) is 11.7 Å². The van der Waals surface area contributed by atoms with Crippen LogP contribution < -0.4 is 0 Å². The van der Waals surface area contributed by atoms with Crippen LogP contribution in [-0.4, -0.2) is 33.6 Å². The Morgan fingerprint density at radius 3 is 2.72 bits per heavy atom. The van der Waals surface area contributed by atoms with E-state index < -0.39 is 6.10 Å². The predicted molar refractivity (Wildman–Crippen MR) is 92.9 cm³/mol. The first-order chi connectivity index (χ1) is 12.0. The number of rotatable bonds is 4. The third-order valence-electron chi connectivity index (χ3n) is 4.77. The van der Waals surface area contributed by atoms with E-state index in [0.29, 0.717) is 24.1 Å². The maximum Gasteiger partial charge on any atom is 0.257 e. The Morgan fingerprint density at radius 2 is 2.00 bits per heavy atom. The summed E-state index contributed by atoms with van der Waals surface area (Å²) in [4.78, 5) is 14.6. The van der Waals surface area contributed by atoms with E-state index >= 15 is 0 Å². The quantitative estimate of drug-likeness (QED) is 0.892. The fourth-order valence-electron chi connectivity index (χ4n) is 3.40. The van der Waals surface area contributed by atoms with E-state index in [1.165, 1.54) is 18.2 Å². The van der Waals surface area contributed by atoms with E-state index in [9.17, 15) is 19.4 Å². The molecule has 2 aromatic carbocycles. The van der Waals surface area contributed by atoms with Crippen LogP contribution >= 0.6 is 0 Å². The summed E-state index contributed by atoms with van der Waals surface area (Å²) in [7, 11) is 0. The summed E-state index contributed by atoms with van der Waals surface area (Å²) in [6.07, 6.45) is 1.30. The molecule has 25 heavy (non-hydrogen) atoms. The molecule has 0 radical (unpaired) electrons. The third kappa shape index (κ3) is 3.82. The first-order valence-electron chi connectivity index (χ1n) is 8.50. The third-order valence-corrected chi connectivity index (χ3v) is 4.77. The molecule has 1 heterocycles. The zero-order chi connectivity index (χ0) is 18.0. The summed E-state index contributed by atoms with van der Waals surface area (Å²) >= 11 is 0. The summed E-state index contributed by atoms with van der Waals surface area (Å²) in [6.45, 7) is 2.48. The van der Waals surface area contributed by atoms with Crippen molar-refractivity contribution in [1.82, 2.24) is 4.90 Å². The van der Waals surface area contributed by atoms with Gasteiger partial charge in [-0.25, -0.2) is 4.39 Å². The van der Waals surface area contributed by atoms with Crippen molar-refractivity contribution >= 4 is 5.91 Å². The smallest absolute Gasteiger partial charge is 0.257 e. The monoisotopic (exact) mass is 343 g/mol. The molecule has 0 saturated carbocycles. The van der Waals surface area contributed by atoms with Gasteiger partial charge in [-0.3, -0.25) is 4.79 Å². The summed E-state index contributed by atoms with van der Waals surface area (Å²) in [5.74, 6) is -0.584. The van der Waals surface area contributed by atoms with Gasteiger partial charge in [0.15, 0.2) is 0 Å². The van der Waals surface area contributed by atoms with Crippen LogP contribution in [0, 0.1) is 12.7 Å². The number of aliphatic hydroxyl groups excluding tert-OH is 1. The standard InChI is InChI=1S/C20H22FNO3/c1-13-4-9-18(23)17(11-13)20(25)22-10-2-3-16(22)12-19(24)14-5-7-15(21)8-6-14/h4-9,11,16,19,23-24H,2-3,10,12H2,1H3. The predicted octanol–water partition coefficient (Wildman–Crippen LogP) is 3.57. The molecule has 4 nitrogen and oxygen atoms in total. The van der Waals surface area contributed by atoms with Crippen LogP contribution in [-0.2, 0) is 0 Å². The Bertz CT molecular complexity index is 760. The lowest BCUT2D eigenvalue weighted by Crippen LogP contribution is -2.36. The maximum atomic E-state index is 13.0. The number of nitrogens with zero attached hydrogens (tertiary/aromatic N) is 1. The molecule has 1 fully saturated rings. The van der Waals surface area contributed by atoms with Gasteiger partial charge in [-0.1, -0.05) is 23.8 Å². The topological polar surface area (TPSA) is 60.8 Å². The highest BCUT2D eigenvalue weighted by Gasteiger charge is 2.32. The van der Waals surface area contributed by atoms with Crippen LogP contribution in [0.15, 0.2) is 42.5 Å². The van der Waals surface area contributed by atoms with Gasteiger partial charge < -0.3 is 15.1 Å². The second-order valence-corrected chi connectivity index (χ2v) is 6.62. The molecule has 0 spiro atoms. The van der Waals surface area contributed by atoms with Gasteiger partial charge in [-0.05, 0) is 56.0 Å². The second kappa shape index (κ2) is 7.23. The molecule has 2 aromatic rings. The highest BCUT2D eigenvalue weighted by molar-refractivity contribution is 5.97. The molecule has 132 valence electrons. The first kappa shape index (κ1) is 17.4. The van der Waals surface area contributed by atoms with E-state index in [0.717, 1.165) is 18.4 Å². The second-order valence-electron chi connectivity index (χ2n) is 6.62. The van der Waals surface area contributed by atoms with Crippen molar-refractivity contribution < 1.29 is 19.4 Å². The minimum absolute atomic E-state index is 0.0275. The van der Waals surface area contributed by atoms with Gasteiger partial charge in [0.1, 0.15) is 11.6 Å². The molecule has 1 aliphatic heterocycles. The normalized spacial score (nSPS) is 18.4. The average Bonchev–Trinajstić information content (AvgIpc) is 3.05. The SMILES string of the molecule is Cc1ccc(O)c(C(=O)N2CCCC2CC(O)c2ccc(F)cc2)c1. The van der Waals surface area contributed by atoms with Gasteiger partial charge in [-0.2, -0.15) is 0 Å². The number of likely N-dealkylation sites (tertiary alicyclic amines) is 1. The van der Waals surface area contributed by atoms with E-state index in [4.69, 9.17) is 0 Å². The van der Waals surface area contributed by atoms with Gasteiger partial charge in [0.2, 0.25) is 0 Å². The van der Waals surface area contributed by atoms with Gasteiger partial charge in [0, 0.05) is 12.6 Å². The number of aryl methyl sites for hydroxylation is 1. The Hall–Kier alpha value is -2.40. The number of halogens is 1. The highest BCUT2D eigenvalue weighted by Crippen LogP contribution is 2.30. The number of hydrogen-bond donors (Lipinski definition) is 2. The Balaban J connectivity index is 1.74. The lowest BCUT2D eigenvalue weighted by molar-refractivity contribution is 0.0664. The van der Waals surface area contributed by atoms with Crippen molar-refractivity contribution in [3.05, 3.63) is 65.0 Å². The van der Waals surface area contributed by atoms with Gasteiger partial charge in [-0.15, -0.1) is 0 Å². The van der Waals surface area contributed by atoms with Crippen LogP contribution in [0.2, 0.25) is 0 Å². The molecule has 5 heteroatoms. The van der Waals surface area contributed by atoms with Crippen LogP contribution in [0.1, 0.15) is 46.9 Å². The number of hydrogen-bond acceptors (Lipinski definition) is 3. The summed E-state index contributed by atoms with van der Waals surface area (Å²) in [6, 6.07) is 10.6. The lowest BCUT2D eigenvalue weighted by Gasteiger charge is -2.27. The van der Waals surface area contributed by atoms with E-state index in [1.807, 2.05) is 6.92 Å². The Morgan fingerprint density at radius 1 is 1.28 bits per heavy atom. The van der Waals surface area contributed by atoms with Crippen molar-refractivity contribution in [2.75, 3.05) is 6.54 Å². The van der Waals surface area contributed by atoms with Crippen molar-refractivity contribution in [3.8, 4) is 5.75 Å². The summed E-state index contributed by atoms with van der Waals surface area (Å²) in [5.41, 5.74) is 1.84. The number of phenols is 1. The minimum atomic E-state index is -0.759. The maximum absolute atomic E-state index is 13.0. The van der Waals surface area contributed by atoms with Crippen molar-refractivity contribution in [3.63, 3.8) is 0 Å². The number of benzene rings is 2. The minimum Gasteiger partial charge on any atom is -0.507 e. The molecular formula is C20H22FNO3. The Kier molecular flexibility index (Phi) is 5.04. The first-order valence-corrected chi connectivity index (χ1v) is 8.50. The number of carbonyl (C=O) groups excluding carboxylic acids is 1. The lowest BCUT2D eigenvalue weighted by atomic mass is 10.00. The van der Waals surface area contributed by atoms with Gasteiger partial charge >= 0.3 is 0 Å². The molecule has 0 bridgehead atoms. The molecule has 1 amide bonds. The largest absolute Gasteiger partial charge is 0.507 e. The highest BCUT2D eigenvalue weighted by atomic mass is 19.1. The van der Waals surface area contributed by atoms with Crippen LogP contribution in [0.25, 0.3) is 0 Å². The zero-order valence-corrected chi connectivity index (χ0v) is 14.2. The van der Waals surface area contributed by atoms with E-state index in [2.05, 4.69) is 0 Å². The molecule has 1 aliphatic rings. The van der Waals surface area contributed by atoms with Gasteiger partial charge in [0.25, 0.3) is 5.91 Å². The van der Waals surface area contributed by atoms with E-state index in [-0.39, 0.29) is 23.5 Å². The average molecular weight is 343 g/mol. The Labute approximate surface area is 146 Å². The molecule has 1 saturated heterocycles. The molecule has 2 unspecified atom stereocenters. The fraction of sp³-hybridized carbons (Fsp3) is 0.350. The molecule has 2 atom stereocenters. The van der Waals surface area contributed by atoms with Crippen LogP contribution in [0.5, 0.6) is 5.75 Å². The number of aliphatic hydroxyl groups is 1. The van der Waals surface area contributed by atoms with Crippen LogP contribution in [0.3, 0.4) is 0 Å². The fourth-order valence-corrected chi connectivity index (χ4v) is 3.40. The summed E-state index contributed by atoms with van der Waals surface area (Å²) in [5, 5.41) is 20.4. The number of aromatic hydroxyl groups is 1. The zero-order valence-electron chi connectivity index (χ0n) is 14.2. The molecule has 3 rings (SSSR count). The molecule has 0 aromatic heterocycles. The van der Waals surface area contributed by atoms with Crippen LogP contribution in [0.4, 0.5) is 4.39 Å². The van der Waals surface area contributed by atoms with Crippen molar-refractivity contribution in [2.24, 2.45) is 0 Å². The number of carbonyl (C=O) groups is 1.